The van der Waals surface area contributed by atoms with Gasteiger partial charge >= 0.3 is 11.9 Å². The number of anilines is 1. The number of benzene rings is 1. The molecule has 11 heteroatoms. The molecule has 2 aromatic rings. The third-order valence-electron chi connectivity index (χ3n) is 5.15. The highest BCUT2D eigenvalue weighted by Gasteiger charge is 2.36. The molecule has 0 unspecified atom stereocenters. The van der Waals surface area contributed by atoms with Crippen molar-refractivity contribution in [2.75, 3.05) is 19.0 Å². The molecule has 2 heterocycles. The summed E-state index contributed by atoms with van der Waals surface area (Å²) in [5.41, 5.74) is 10.5. The maximum Gasteiger partial charge on any atom is 0.328 e. The summed E-state index contributed by atoms with van der Waals surface area (Å²) in [6.07, 6.45) is 2.84. The number of fused-ring (bicyclic) bond motifs is 1. The van der Waals surface area contributed by atoms with Crippen LogP contribution in [0.1, 0.15) is 42.0 Å². The van der Waals surface area contributed by atoms with E-state index in [-0.39, 0.29) is 0 Å². The number of nitriles is 1. The monoisotopic (exact) mass is 494 g/mol. The van der Waals surface area contributed by atoms with Gasteiger partial charge in [-0.25, -0.2) is 14.6 Å². The minimum atomic E-state index is -1.26. The van der Waals surface area contributed by atoms with Gasteiger partial charge in [-0.1, -0.05) is 6.07 Å². The number of carboxylic acid groups (broad SMARTS) is 2. The third kappa shape index (κ3) is 6.18. The van der Waals surface area contributed by atoms with E-state index in [0.717, 1.165) is 16.8 Å². The first-order valence-electron chi connectivity index (χ1n) is 10.7. The number of hydrogen-bond donors (Lipinski definition) is 4. The third-order valence-corrected chi connectivity index (χ3v) is 5.15. The summed E-state index contributed by atoms with van der Waals surface area (Å²) in [6.45, 7) is 6.04. The molecule has 0 saturated heterocycles. The molecule has 1 aromatic carbocycles. The predicted octanol–water partition coefficient (Wildman–Crippen LogP) is 2.70. The number of ether oxygens (including phenoxy) is 2. The number of aromatic nitrogens is 1. The first kappa shape index (κ1) is 27.4. The summed E-state index contributed by atoms with van der Waals surface area (Å²) in [6, 6.07) is 7.22. The summed E-state index contributed by atoms with van der Waals surface area (Å²) in [5.74, 6) is -2.67. The number of pyridine rings is 1. The van der Waals surface area contributed by atoms with Crippen LogP contribution in [0.5, 0.6) is 11.6 Å². The molecule has 0 aliphatic carbocycles. The van der Waals surface area contributed by atoms with Crippen molar-refractivity contribution in [3.63, 3.8) is 0 Å². The van der Waals surface area contributed by atoms with Crippen LogP contribution < -0.4 is 20.5 Å². The number of rotatable bonds is 7. The van der Waals surface area contributed by atoms with Gasteiger partial charge in [0.25, 0.3) is 0 Å². The zero-order valence-corrected chi connectivity index (χ0v) is 20.2. The number of hydrogen-bond acceptors (Lipinski definition) is 8. The van der Waals surface area contributed by atoms with Crippen molar-refractivity contribution >= 4 is 23.5 Å². The molecule has 11 nitrogen and oxygen atoms in total. The second-order valence-electron chi connectivity index (χ2n) is 7.51. The molecule has 1 aliphatic rings. The number of nitrogens with two attached hydrogens (primary N) is 1. The molecule has 0 saturated carbocycles. The summed E-state index contributed by atoms with van der Waals surface area (Å²) in [7, 11) is 1.53. The van der Waals surface area contributed by atoms with Crippen molar-refractivity contribution in [3.05, 3.63) is 70.1 Å². The van der Waals surface area contributed by atoms with E-state index in [4.69, 9.17) is 25.4 Å². The van der Waals surface area contributed by atoms with Crippen LogP contribution in [-0.4, -0.2) is 46.8 Å². The average molecular weight is 495 g/mol. The van der Waals surface area contributed by atoms with E-state index in [9.17, 15) is 19.6 Å². The van der Waals surface area contributed by atoms with Gasteiger partial charge in [0.1, 0.15) is 5.75 Å². The molecule has 1 aromatic heterocycles. The van der Waals surface area contributed by atoms with Crippen LogP contribution in [0, 0.1) is 18.3 Å². The van der Waals surface area contributed by atoms with Gasteiger partial charge in [0, 0.05) is 35.2 Å². The minimum absolute atomic E-state index is 0.406. The standard InChI is InChI=1S/C21H22N4O3.C4H4O4/c1-5-28-21-18-17(14-7-6-13(9-22)8-15(14)27-4)16(20(23)26)12(3)25-19(18)11(2)10-24-21;5-3(6)1-2-4(7)8/h6-8,10,17,25H,5H2,1-4H3,(H2,23,26);1-2H,(H,5,6)(H,7,8)/b;2-1-/t17-;/m1./s1. The van der Waals surface area contributed by atoms with Crippen molar-refractivity contribution in [3.8, 4) is 17.7 Å². The van der Waals surface area contributed by atoms with Crippen molar-refractivity contribution in [2.24, 2.45) is 5.73 Å². The molecule has 1 aliphatic heterocycles. The lowest BCUT2D eigenvalue weighted by atomic mass is 9.79. The Kier molecular flexibility index (Phi) is 9.15. The Morgan fingerprint density at radius 1 is 1.22 bits per heavy atom. The minimum Gasteiger partial charge on any atom is -0.496 e. The van der Waals surface area contributed by atoms with Crippen LogP contribution in [0.25, 0.3) is 0 Å². The number of aryl methyl sites for hydroxylation is 1. The molecule has 0 spiro atoms. The van der Waals surface area contributed by atoms with Crippen LogP contribution >= 0.6 is 0 Å². The summed E-state index contributed by atoms with van der Waals surface area (Å²) in [5, 5.41) is 28.1. The van der Waals surface area contributed by atoms with Crippen molar-refractivity contribution in [2.45, 2.75) is 26.7 Å². The average Bonchev–Trinajstić information content (AvgIpc) is 2.83. The maximum atomic E-state index is 12.4. The van der Waals surface area contributed by atoms with Gasteiger partial charge in [-0.05, 0) is 38.5 Å². The first-order valence-corrected chi connectivity index (χ1v) is 10.7. The van der Waals surface area contributed by atoms with Gasteiger partial charge in [-0.15, -0.1) is 0 Å². The first-order chi connectivity index (χ1) is 17.0. The SMILES string of the molecule is CCOc1ncc(C)c2c1[C@H](c1ccc(C#N)cc1OC)C(C(N)=O)=C(C)N2.O=C(O)/C=C\C(=O)O. The molecular weight excluding hydrogens is 468 g/mol. The van der Waals surface area contributed by atoms with Crippen molar-refractivity contribution < 1.29 is 34.1 Å². The summed E-state index contributed by atoms with van der Waals surface area (Å²) < 4.78 is 11.3. The van der Waals surface area contributed by atoms with E-state index >= 15 is 0 Å². The molecule has 0 fully saturated rings. The lowest BCUT2D eigenvalue weighted by Crippen LogP contribution is -2.28. The molecule has 3 rings (SSSR count). The topological polar surface area (TPSA) is 185 Å². The van der Waals surface area contributed by atoms with Gasteiger partial charge in [-0.2, -0.15) is 5.26 Å². The number of methoxy groups -OCH3 is 1. The Bertz CT molecular complexity index is 1280. The largest absolute Gasteiger partial charge is 0.496 e. The van der Waals surface area contributed by atoms with Crippen LogP contribution in [0.2, 0.25) is 0 Å². The van der Waals surface area contributed by atoms with Gasteiger partial charge in [0.15, 0.2) is 0 Å². The molecule has 0 radical (unpaired) electrons. The fraction of sp³-hybridized carbons (Fsp3) is 0.240. The molecule has 5 N–H and O–H groups in total. The smallest absolute Gasteiger partial charge is 0.328 e. The van der Waals surface area contributed by atoms with E-state index in [1.54, 1.807) is 24.4 Å². The van der Waals surface area contributed by atoms with Gasteiger partial charge < -0.3 is 30.7 Å². The number of allylic oxidation sites excluding steroid dienone is 1. The number of primary amides is 1. The highest BCUT2D eigenvalue weighted by molar-refractivity contribution is 5.98. The molecule has 1 amide bonds. The van der Waals surface area contributed by atoms with E-state index in [1.165, 1.54) is 7.11 Å². The Morgan fingerprint density at radius 2 is 1.86 bits per heavy atom. The van der Waals surface area contributed by atoms with E-state index in [0.29, 0.717) is 52.8 Å². The molecule has 188 valence electrons. The Labute approximate surface area is 207 Å². The Morgan fingerprint density at radius 3 is 2.36 bits per heavy atom. The van der Waals surface area contributed by atoms with Crippen molar-refractivity contribution in [1.82, 2.24) is 4.98 Å². The summed E-state index contributed by atoms with van der Waals surface area (Å²) in [4.78, 5) is 35.9. The zero-order chi connectivity index (χ0) is 27.0. The second kappa shape index (κ2) is 12.0. The van der Waals surface area contributed by atoms with Crippen LogP contribution in [0.4, 0.5) is 5.69 Å². The van der Waals surface area contributed by atoms with E-state index < -0.39 is 23.8 Å². The quantitative estimate of drug-likeness (QED) is 0.417. The number of nitrogens with zero attached hydrogens (tertiary/aromatic N) is 2. The number of carbonyl (C=O) groups is 3. The Hall–Kier alpha value is -4.85. The normalized spacial score (nSPS) is 14.0. The number of amides is 1. The molecular formula is C25H26N4O7. The van der Waals surface area contributed by atoms with E-state index in [1.807, 2.05) is 20.8 Å². The highest BCUT2D eigenvalue weighted by atomic mass is 16.5. The van der Waals surface area contributed by atoms with Crippen molar-refractivity contribution in [1.29, 1.82) is 5.26 Å². The summed E-state index contributed by atoms with van der Waals surface area (Å²) >= 11 is 0. The lowest BCUT2D eigenvalue weighted by molar-refractivity contribution is -0.134. The fourth-order valence-corrected chi connectivity index (χ4v) is 3.71. The number of carbonyl (C=O) groups excluding carboxylic acids is 1. The zero-order valence-electron chi connectivity index (χ0n) is 20.2. The number of aliphatic carboxylic acids is 2. The second-order valence-corrected chi connectivity index (χ2v) is 7.51. The maximum absolute atomic E-state index is 12.4. The van der Waals surface area contributed by atoms with Gasteiger partial charge in [0.2, 0.25) is 11.8 Å². The van der Waals surface area contributed by atoms with Gasteiger partial charge in [-0.3, -0.25) is 4.79 Å². The number of nitrogens with one attached hydrogen (secondary N) is 1. The van der Waals surface area contributed by atoms with Crippen LogP contribution in [0.3, 0.4) is 0 Å². The van der Waals surface area contributed by atoms with E-state index in [2.05, 4.69) is 16.4 Å². The molecule has 36 heavy (non-hydrogen) atoms. The highest BCUT2D eigenvalue weighted by Crippen LogP contribution is 2.48. The lowest BCUT2D eigenvalue weighted by Gasteiger charge is -2.32. The van der Waals surface area contributed by atoms with Crippen LogP contribution in [-0.2, 0) is 14.4 Å². The number of carboxylic acids is 2. The fourth-order valence-electron chi connectivity index (χ4n) is 3.71. The van der Waals surface area contributed by atoms with Crippen LogP contribution in [0.15, 0.2) is 47.8 Å². The van der Waals surface area contributed by atoms with Gasteiger partial charge in [0.05, 0.1) is 42.5 Å². The molecule has 0 bridgehead atoms. The Balaban J connectivity index is 0.000000493. The predicted molar refractivity (Wildman–Crippen MR) is 130 cm³/mol. The molecule has 1 atom stereocenters.